The van der Waals surface area contributed by atoms with Gasteiger partial charge in [0, 0.05) is 0 Å². The van der Waals surface area contributed by atoms with Gasteiger partial charge in [0.05, 0.1) is 12.7 Å². The summed E-state index contributed by atoms with van der Waals surface area (Å²) in [4.78, 5) is 37.1. The van der Waals surface area contributed by atoms with E-state index in [0.717, 1.165) is 0 Å². The first-order valence-electron chi connectivity index (χ1n) is 9.34. The summed E-state index contributed by atoms with van der Waals surface area (Å²) in [5.74, 6) is 0.101. The van der Waals surface area contributed by atoms with Gasteiger partial charge in [0.25, 0.3) is 5.91 Å². The van der Waals surface area contributed by atoms with E-state index in [9.17, 15) is 14.4 Å². The molecule has 1 amide bonds. The molecule has 0 fully saturated rings. The average Bonchev–Trinajstić information content (AvgIpc) is 2.79. The summed E-state index contributed by atoms with van der Waals surface area (Å²) in [6.07, 6.45) is 2.27. The Morgan fingerprint density at radius 3 is 2.40 bits per heavy atom. The second-order valence-corrected chi connectivity index (χ2v) is 7.22. The first-order valence-corrected chi connectivity index (χ1v) is 10.7. The first-order chi connectivity index (χ1) is 14.5. The zero-order valence-electron chi connectivity index (χ0n) is 17.0. The summed E-state index contributed by atoms with van der Waals surface area (Å²) in [6.45, 7) is -0.668. The van der Waals surface area contributed by atoms with Crippen molar-refractivity contribution in [3.8, 4) is 11.5 Å². The van der Waals surface area contributed by atoms with Crippen LogP contribution in [0.2, 0.25) is 0 Å². The van der Waals surface area contributed by atoms with Crippen molar-refractivity contribution in [2.75, 3.05) is 32.3 Å². The van der Waals surface area contributed by atoms with Crippen molar-refractivity contribution in [2.45, 2.75) is 12.5 Å². The fourth-order valence-corrected chi connectivity index (χ4v) is 3.05. The van der Waals surface area contributed by atoms with Gasteiger partial charge in [-0.25, -0.2) is 4.79 Å². The highest BCUT2D eigenvalue weighted by Gasteiger charge is 2.24. The Kier molecular flexibility index (Phi) is 9.73. The molecule has 1 atom stereocenters. The van der Waals surface area contributed by atoms with Crippen molar-refractivity contribution >= 4 is 29.4 Å². The molecule has 0 bridgehead atoms. The minimum absolute atomic E-state index is 0.229. The van der Waals surface area contributed by atoms with E-state index in [0.29, 0.717) is 29.2 Å². The Hall–Kier alpha value is -3.00. The molecule has 0 radical (unpaired) electrons. The summed E-state index contributed by atoms with van der Waals surface area (Å²) in [5.41, 5.74) is 0.328. The number of hydrogen-bond donors (Lipinski definition) is 1. The summed E-state index contributed by atoms with van der Waals surface area (Å²) in [7, 11) is 1.46. The van der Waals surface area contributed by atoms with Gasteiger partial charge in [0.15, 0.2) is 13.2 Å². The van der Waals surface area contributed by atoms with Crippen LogP contribution in [0.25, 0.3) is 0 Å². The van der Waals surface area contributed by atoms with Crippen molar-refractivity contribution in [1.29, 1.82) is 0 Å². The van der Waals surface area contributed by atoms with Crippen LogP contribution in [0.5, 0.6) is 11.5 Å². The third-order valence-electron chi connectivity index (χ3n) is 4.10. The van der Waals surface area contributed by atoms with Gasteiger partial charge in [0.1, 0.15) is 17.5 Å². The second-order valence-electron chi connectivity index (χ2n) is 6.23. The topological polar surface area (TPSA) is 90.9 Å². The van der Waals surface area contributed by atoms with E-state index < -0.39 is 24.5 Å². The van der Waals surface area contributed by atoms with Crippen LogP contribution in [0.1, 0.15) is 16.8 Å². The third-order valence-corrected chi connectivity index (χ3v) is 4.74. The Morgan fingerprint density at radius 1 is 1.00 bits per heavy atom. The number of benzene rings is 2. The number of carbonyl (C=O) groups excluding carboxylic acids is 3. The number of rotatable bonds is 12. The number of amides is 1. The van der Waals surface area contributed by atoms with Crippen LogP contribution in [0.15, 0.2) is 54.6 Å². The number of ether oxygens (including phenoxy) is 3. The largest absolute Gasteiger partial charge is 0.496 e. The summed E-state index contributed by atoms with van der Waals surface area (Å²) in [6, 6.07) is 14.7. The van der Waals surface area contributed by atoms with Crippen molar-refractivity contribution in [2.24, 2.45) is 0 Å². The molecule has 0 aliphatic heterocycles. The number of ketones is 1. The van der Waals surface area contributed by atoms with Crippen molar-refractivity contribution in [3.63, 3.8) is 0 Å². The van der Waals surface area contributed by atoms with Crippen molar-refractivity contribution < 1.29 is 28.6 Å². The van der Waals surface area contributed by atoms with Crippen LogP contribution < -0.4 is 14.8 Å². The lowest BCUT2D eigenvalue weighted by molar-refractivity contribution is -0.147. The third kappa shape index (κ3) is 7.44. The van der Waals surface area contributed by atoms with Gasteiger partial charge in [-0.2, -0.15) is 11.8 Å². The number of hydrogen-bond acceptors (Lipinski definition) is 7. The monoisotopic (exact) mass is 431 g/mol. The first kappa shape index (κ1) is 23.3. The Bertz CT molecular complexity index is 843. The molecular formula is C22H25NO6S. The predicted octanol–water partition coefficient (Wildman–Crippen LogP) is 2.74. The SMILES string of the molecule is COc1ccccc1C(=O)COC(=O)[C@H](CCSC)NC(=O)COc1ccccc1. The maximum absolute atomic E-state index is 12.5. The van der Waals surface area contributed by atoms with E-state index >= 15 is 0 Å². The Morgan fingerprint density at radius 2 is 1.70 bits per heavy atom. The standard InChI is InChI=1S/C22H25NO6S/c1-27-20-11-7-6-10-17(20)19(24)14-29-22(26)18(12-13-30-2)23-21(25)15-28-16-8-4-3-5-9-16/h3-11,18H,12-15H2,1-2H3,(H,23,25)/t18-/m0/s1. The highest BCUT2D eigenvalue weighted by Crippen LogP contribution is 2.18. The summed E-state index contributed by atoms with van der Waals surface area (Å²) < 4.78 is 15.7. The van der Waals surface area contributed by atoms with E-state index in [2.05, 4.69) is 5.32 Å². The zero-order chi connectivity index (χ0) is 21.8. The lowest BCUT2D eigenvalue weighted by atomic mass is 10.1. The molecule has 0 saturated carbocycles. The highest BCUT2D eigenvalue weighted by atomic mass is 32.2. The molecule has 2 aromatic rings. The van der Waals surface area contributed by atoms with Crippen LogP contribution >= 0.6 is 11.8 Å². The van der Waals surface area contributed by atoms with Gasteiger partial charge in [-0.1, -0.05) is 30.3 Å². The number of thioether (sulfide) groups is 1. The van der Waals surface area contributed by atoms with Crippen molar-refractivity contribution in [3.05, 3.63) is 60.2 Å². The summed E-state index contributed by atoms with van der Waals surface area (Å²) in [5, 5.41) is 2.62. The Labute approximate surface area is 180 Å². The maximum atomic E-state index is 12.5. The van der Waals surface area contributed by atoms with Gasteiger partial charge < -0.3 is 19.5 Å². The summed E-state index contributed by atoms with van der Waals surface area (Å²) >= 11 is 1.54. The Balaban J connectivity index is 1.90. The van der Waals surface area contributed by atoms with Crippen LogP contribution in [0.3, 0.4) is 0 Å². The maximum Gasteiger partial charge on any atom is 0.329 e. The van der Waals surface area contributed by atoms with E-state index in [1.54, 1.807) is 48.5 Å². The van der Waals surface area contributed by atoms with Crippen LogP contribution in [0.4, 0.5) is 0 Å². The molecule has 0 heterocycles. The molecular weight excluding hydrogens is 406 g/mol. The fourth-order valence-electron chi connectivity index (χ4n) is 2.58. The molecule has 8 heteroatoms. The van der Waals surface area contributed by atoms with Gasteiger partial charge in [-0.15, -0.1) is 0 Å². The fraction of sp³-hybridized carbons (Fsp3) is 0.318. The molecule has 1 N–H and O–H groups in total. The normalized spacial score (nSPS) is 11.3. The molecule has 0 spiro atoms. The quantitative estimate of drug-likeness (QED) is 0.408. The second kappa shape index (κ2) is 12.5. The predicted molar refractivity (Wildman–Crippen MR) is 115 cm³/mol. The van der Waals surface area contributed by atoms with Crippen LogP contribution in [-0.4, -0.2) is 56.0 Å². The number of Topliss-reactive ketones (excluding diaryl/α,β-unsaturated/α-hetero) is 1. The van der Waals surface area contributed by atoms with Crippen LogP contribution in [0, 0.1) is 0 Å². The van der Waals surface area contributed by atoms with Crippen LogP contribution in [-0.2, 0) is 14.3 Å². The molecule has 30 heavy (non-hydrogen) atoms. The molecule has 0 saturated heterocycles. The average molecular weight is 432 g/mol. The molecule has 0 aliphatic rings. The minimum atomic E-state index is -0.866. The minimum Gasteiger partial charge on any atom is -0.496 e. The molecule has 0 aromatic heterocycles. The highest BCUT2D eigenvalue weighted by molar-refractivity contribution is 7.98. The van der Waals surface area contributed by atoms with E-state index in [1.807, 2.05) is 12.3 Å². The number of carbonyl (C=O) groups is 3. The lowest BCUT2D eigenvalue weighted by Crippen LogP contribution is -2.44. The van der Waals surface area contributed by atoms with E-state index in [-0.39, 0.29) is 12.4 Å². The smallest absolute Gasteiger partial charge is 0.329 e. The molecule has 0 unspecified atom stereocenters. The number of nitrogens with one attached hydrogen (secondary N) is 1. The number of methoxy groups -OCH3 is 1. The molecule has 160 valence electrons. The van der Waals surface area contributed by atoms with Gasteiger partial charge in [-0.3, -0.25) is 9.59 Å². The lowest BCUT2D eigenvalue weighted by Gasteiger charge is -2.17. The molecule has 0 aliphatic carbocycles. The molecule has 7 nitrogen and oxygen atoms in total. The van der Waals surface area contributed by atoms with E-state index in [1.165, 1.54) is 18.9 Å². The van der Waals surface area contributed by atoms with E-state index in [4.69, 9.17) is 14.2 Å². The van der Waals surface area contributed by atoms with Crippen molar-refractivity contribution in [1.82, 2.24) is 5.32 Å². The number of para-hydroxylation sites is 2. The van der Waals surface area contributed by atoms with Gasteiger partial charge >= 0.3 is 5.97 Å². The molecule has 2 aromatic carbocycles. The number of esters is 1. The molecule has 2 rings (SSSR count). The van der Waals surface area contributed by atoms with Gasteiger partial charge in [0.2, 0.25) is 5.78 Å². The van der Waals surface area contributed by atoms with Gasteiger partial charge in [-0.05, 0) is 42.7 Å². The zero-order valence-corrected chi connectivity index (χ0v) is 17.8.